The number of hydrogen-bond donors (Lipinski definition) is 3. The van der Waals surface area contributed by atoms with Gasteiger partial charge in [-0.3, -0.25) is 14.4 Å². The summed E-state index contributed by atoms with van der Waals surface area (Å²) < 4.78 is 1.43. The molecule has 0 bridgehead atoms. The molecule has 37 heavy (non-hydrogen) atoms. The van der Waals surface area contributed by atoms with Gasteiger partial charge >= 0.3 is 0 Å². The van der Waals surface area contributed by atoms with Gasteiger partial charge in [0, 0.05) is 42.5 Å². The SMILES string of the molecule is C/C=C\N(C(=O)CO)[C@H](C)CCc1nc2c(-c3ccc(N4NCCC4=O)nc3)cnn2c(N)c1C(C)=O. The van der Waals surface area contributed by atoms with Gasteiger partial charge in [0.1, 0.15) is 18.2 Å². The lowest BCUT2D eigenvalue weighted by Gasteiger charge is -2.25. The maximum absolute atomic E-state index is 12.5. The summed E-state index contributed by atoms with van der Waals surface area (Å²) in [6, 6.07) is 3.30. The van der Waals surface area contributed by atoms with E-state index in [-0.39, 0.29) is 29.1 Å². The minimum atomic E-state index is -0.599. The van der Waals surface area contributed by atoms with Crippen LogP contribution in [0, 0.1) is 0 Å². The number of aliphatic hydroxyl groups excluding tert-OH is 1. The number of ketones is 1. The van der Waals surface area contributed by atoms with E-state index in [9.17, 15) is 19.5 Å². The third-order valence-corrected chi connectivity index (χ3v) is 6.26. The van der Waals surface area contributed by atoms with Crippen LogP contribution in [0.4, 0.5) is 11.6 Å². The third kappa shape index (κ3) is 5.06. The average Bonchev–Trinajstić information content (AvgIpc) is 3.51. The van der Waals surface area contributed by atoms with Crippen LogP contribution in [-0.2, 0) is 16.0 Å². The molecule has 1 saturated heterocycles. The number of hydrazine groups is 1. The van der Waals surface area contributed by atoms with Gasteiger partial charge in [0.15, 0.2) is 11.4 Å². The molecule has 1 aliphatic heterocycles. The molecule has 4 rings (SSSR count). The number of nitrogen functional groups attached to an aromatic ring is 1. The van der Waals surface area contributed by atoms with Gasteiger partial charge < -0.3 is 15.7 Å². The number of amides is 2. The maximum atomic E-state index is 12.5. The second kappa shape index (κ2) is 10.8. The molecule has 1 atom stereocenters. The Morgan fingerprint density at radius 3 is 2.70 bits per heavy atom. The van der Waals surface area contributed by atoms with Crippen LogP contribution < -0.4 is 16.2 Å². The summed E-state index contributed by atoms with van der Waals surface area (Å²) in [7, 11) is 0. The summed E-state index contributed by atoms with van der Waals surface area (Å²) in [6.07, 6.45) is 7.86. The maximum Gasteiger partial charge on any atom is 0.252 e. The fourth-order valence-electron chi connectivity index (χ4n) is 4.40. The number of nitrogens with one attached hydrogen (secondary N) is 1. The highest BCUT2D eigenvalue weighted by molar-refractivity contribution is 6.00. The van der Waals surface area contributed by atoms with Crippen LogP contribution in [0.3, 0.4) is 0 Å². The summed E-state index contributed by atoms with van der Waals surface area (Å²) >= 11 is 0. The van der Waals surface area contributed by atoms with Crippen LogP contribution in [0.5, 0.6) is 0 Å². The van der Waals surface area contributed by atoms with Crippen molar-refractivity contribution in [1.29, 1.82) is 0 Å². The number of hydrogen-bond acceptors (Lipinski definition) is 9. The number of carbonyl (C=O) groups is 3. The molecule has 0 saturated carbocycles. The van der Waals surface area contributed by atoms with Crippen LogP contribution in [0.2, 0.25) is 0 Å². The predicted octanol–water partition coefficient (Wildman–Crippen LogP) is 1.49. The number of carbonyl (C=O) groups excluding carboxylic acids is 3. The molecule has 0 radical (unpaired) electrons. The van der Waals surface area contributed by atoms with Gasteiger partial charge in [0.25, 0.3) is 5.91 Å². The molecule has 0 aliphatic carbocycles. The van der Waals surface area contributed by atoms with Crippen LogP contribution in [0.15, 0.2) is 36.8 Å². The first-order valence-electron chi connectivity index (χ1n) is 12.0. The quantitative estimate of drug-likeness (QED) is 0.365. The number of pyridine rings is 1. The van der Waals surface area contributed by atoms with Crippen molar-refractivity contribution < 1.29 is 19.5 Å². The Bertz CT molecular complexity index is 1370. The summed E-state index contributed by atoms with van der Waals surface area (Å²) in [4.78, 5) is 47.3. The molecule has 1 aliphatic rings. The molecule has 0 aromatic carbocycles. The fraction of sp³-hybridized carbons (Fsp3) is 0.360. The van der Waals surface area contributed by atoms with E-state index in [1.807, 2.05) is 13.0 Å². The van der Waals surface area contributed by atoms with Crippen LogP contribution in [-0.4, -0.2) is 66.4 Å². The molecule has 194 valence electrons. The standard InChI is InChI=1S/C25H30N8O4/c1-4-11-31(22(37)14-34)15(2)5-7-19-23(16(3)35)24(26)33-25(30-19)18(13-29-33)17-6-8-20(27-12-17)32-21(36)9-10-28-32/h4,6,8,11-13,15,28,34H,5,7,9-10,14,26H2,1-3H3/b11-4-/t15-/m1/s1. The number of fused-ring (bicyclic) bond motifs is 1. The lowest BCUT2D eigenvalue weighted by atomic mass is 10.0. The van der Waals surface area contributed by atoms with E-state index >= 15 is 0 Å². The van der Waals surface area contributed by atoms with Crippen molar-refractivity contribution in [3.63, 3.8) is 0 Å². The second-order valence-corrected chi connectivity index (χ2v) is 8.79. The number of rotatable bonds is 9. The van der Waals surface area contributed by atoms with E-state index in [4.69, 9.17) is 10.7 Å². The normalized spacial score (nSPS) is 14.6. The van der Waals surface area contributed by atoms with Crippen molar-refractivity contribution >= 4 is 34.9 Å². The molecule has 1 fully saturated rings. The Morgan fingerprint density at radius 2 is 2.11 bits per heavy atom. The van der Waals surface area contributed by atoms with Crippen molar-refractivity contribution in [3.8, 4) is 11.1 Å². The van der Waals surface area contributed by atoms with Gasteiger partial charge in [-0.15, -0.1) is 0 Å². The molecule has 3 aromatic rings. The summed E-state index contributed by atoms with van der Waals surface area (Å²) in [5, 5.41) is 15.1. The molecular formula is C25H30N8O4. The van der Waals surface area contributed by atoms with E-state index in [0.29, 0.717) is 48.5 Å². The van der Waals surface area contributed by atoms with E-state index < -0.39 is 12.5 Å². The summed E-state index contributed by atoms with van der Waals surface area (Å²) in [5.41, 5.74) is 12.0. The van der Waals surface area contributed by atoms with E-state index in [0.717, 1.165) is 5.56 Å². The number of aromatic nitrogens is 4. The molecule has 0 unspecified atom stereocenters. The van der Waals surface area contributed by atoms with Gasteiger partial charge in [0.2, 0.25) is 5.91 Å². The van der Waals surface area contributed by atoms with Gasteiger partial charge in [-0.2, -0.15) is 9.61 Å². The minimum Gasteiger partial charge on any atom is -0.387 e. The number of anilines is 2. The molecule has 4 heterocycles. The fourth-order valence-corrected chi connectivity index (χ4v) is 4.40. The zero-order chi connectivity index (χ0) is 26.7. The van der Waals surface area contributed by atoms with Gasteiger partial charge in [-0.1, -0.05) is 6.08 Å². The van der Waals surface area contributed by atoms with Crippen molar-refractivity contribution in [3.05, 3.63) is 48.1 Å². The highest BCUT2D eigenvalue weighted by Crippen LogP contribution is 2.29. The highest BCUT2D eigenvalue weighted by Gasteiger charge is 2.24. The van der Waals surface area contributed by atoms with Crippen molar-refractivity contribution in [1.82, 2.24) is 29.9 Å². The molecule has 12 heteroatoms. The lowest BCUT2D eigenvalue weighted by Crippen LogP contribution is -2.36. The first-order chi connectivity index (χ1) is 17.8. The lowest BCUT2D eigenvalue weighted by molar-refractivity contribution is -0.133. The van der Waals surface area contributed by atoms with E-state index in [2.05, 4.69) is 15.5 Å². The number of aryl methyl sites for hydroxylation is 1. The Labute approximate surface area is 213 Å². The first kappa shape index (κ1) is 25.9. The largest absolute Gasteiger partial charge is 0.387 e. The zero-order valence-corrected chi connectivity index (χ0v) is 21.0. The van der Waals surface area contributed by atoms with Crippen molar-refractivity contribution in [2.75, 3.05) is 23.9 Å². The van der Waals surface area contributed by atoms with Gasteiger partial charge in [-0.25, -0.2) is 20.4 Å². The highest BCUT2D eigenvalue weighted by atomic mass is 16.3. The Balaban J connectivity index is 1.68. The number of allylic oxidation sites excluding steroid dienone is 1. The van der Waals surface area contributed by atoms with Gasteiger partial charge in [0.05, 0.1) is 17.5 Å². The first-order valence-corrected chi connectivity index (χ1v) is 12.0. The summed E-state index contributed by atoms with van der Waals surface area (Å²) in [5.74, 6) is -0.0289. The topological polar surface area (TPSA) is 159 Å². The third-order valence-electron chi connectivity index (χ3n) is 6.26. The number of nitrogens with two attached hydrogens (primary N) is 1. The van der Waals surface area contributed by atoms with Crippen LogP contribution in [0.25, 0.3) is 16.8 Å². The molecule has 0 spiro atoms. The molecule has 3 aromatic heterocycles. The average molecular weight is 507 g/mol. The minimum absolute atomic E-state index is 0.0463. The van der Waals surface area contributed by atoms with Crippen molar-refractivity contribution in [2.45, 2.75) is 46.1 Å². The Morgan fingerprint density at radius 1 is 1.32 bits per heavy atom. The molecule has 12 nitrogen and oxygen atoms in total. The molecule has 2 amide bonds. The Hall–Kier alpha value is -4.16. The monoisotopic (exact) mass is 506 g/mol. The smallest absolute Gasteiger partial charge is 0.252 e. The zero-order valence-electron chi connectivity index (χ0n) is 21.0. The van der Waals surface area contributed by atoms with Gasteiger partial charge in [-0.05, 0) is 45.7 Å². The molecule has 4 N–H and O–H groups in total. The number of Topliss-reactive ketones (excluding diaryl/α,β-unsaturated/α-hetero) is 1. The second-order valence-electron chi connectivity index (χ2n) is 8.79. The number of nitrogens with zero attached hydrogens (tertiary/aromatic N) is 6. The van der Waals surface area contributed by atoms with Crippen LogP contribution in [0.1, 0.15) is 49.7 Å². The summed E-state index contributed by atoms with van der Waals surface area (Å²) in [6.45, 7) is 5.05. The Kier molecular flexibility index (Phi) is 7.60. The van der Waals surface area contributed by atoms with E-state index in [1.54, 1.807) is 37.7 Å². The predicted molar refractivity (Wildman–Crippen MR) is 137 cm³/mol. The number of aliphatic hydroxyl groups is 1. The van der Waals surface area contributed by atoms with Crippen molar-refractivity contribution in [2.24, 2.45) is 0 Å². The van der Waals surface area contributed by atoms with E-state index in [1.165, 1.54) is 21.3 Å². The molecular weight excluding hydrogens is 476 g/mol. The van der Waals surface area contributed by atoms with Crippen LogP contribution >= 0.6 is 0 Å².